The molecule has 0 fully saturated rings. The molecule has 2 aromatic heterocycles. The molecule has 1 aromatic carbocycles. The van der Waals surface area contributed by atoms with Crippen LogP contribution in [0.25, 0.3) is 0 Å². The highest BCUT2D eigenvalue weighted by atomic mass is 16.1. The normalized spacial score (nSPS) is 10.5. The SMILES string of the molecule is O=C(NCc1ncn[nH]1)c1cccn1Cc1ccccc1. The summed E-state index contributed by atoms with van der Waals surface area (Å²) in [4.78, 5) is 16.2. The van der Waals surface area contributed by atoms with Crippen LogP contribution in [0.2, 0.25) is 0 Å². The minimum Gasteiger partial charge on any atom is -0.343 e. The van der Waals surface area contributed by atoms with E-state index in [4.69, 9.17) is 0 Å². The molecule has 0 radical (unpaired) electrons. The summed E-state index contributed by atoms with van der Waals surface area (Å²) in [6.45, 7) is 0.994. The van der Waals surface area contributed by atoms with Gasteiger partial charge in [0.2, 0.25) is 0 Å². The van der Waals surface area contributed by atoms with Crippen LogP contribution in [0.5, 0.6) is 0 Å². The lowest BCUT2D eigenvalue weighted by Crippen LogP contribution is -2.26. The van der Waals surface area contributed by atoms with Gasteiger partial charge in [0, 0.05) is 12.7 Å². The monoisotopic (exact) mass is 281 g/mol. The third-order valence-electron chi connectivity index (χ3n) is 3.14. The van der Waals surface area contributed by atoms with Gasteiger partial charge in [-0.1, -0.05) is 30.3 Å². The zero-order valence-electron chi connectivity index (χ0n) is 11.4. The Bertz CT molecular complexity index is 703. The Labute approximate surface area is 121 Å². The summed E-state index contributed by atoms with van der Waals surface area (Å²) in [5.74, 6) is 0.497. The fourth-order valence-electron chi connectivity index (χ4n) is 2.11. The van der Waals surface area contributed by atoms with Gasteiger partial charge in [0.25, 0.3) is 5.91 Å². The van der Waals surface area contributed by atoms with Gasteiger partial charge in [0.1, 0.15) is 17.8 Å². The second kappa shape index (κ2) is 6.04. The van der Waals surface area contributed by atoms with Crippen LogP contribution in [0.4, 0.5) is 0 Å². The summed E-state index contributed by atoms with van der Waals surface area (Å²) in [6, 6.07) is 13.7. The summed E-state index contributed by atoms with van der Waals surface area (Å²) in [5, 5.41) is 9.27. The van der Waals surface area contributed by atoms with Crippen LogP contribution >= 0.6 is 0 Å². The molecule has 2 N–H and O–H groups in total. The molecule has 1 amide bonds. The average Bonchev–Trinajstić information content (AvgIpc) is 3.17. The van der Waals surface area contributed by atoms with Crippen molar-refractivity contribution in [3.63, 3.8) is 0 Å². The number of nitrogens with zero attached hydrogens (tertiary/aromatic N) is 3. The van der Waals surface area contributed by atoms with Gasteiger partial charge in [-0.05, 0) is 17.7 Å². The lowest BCUT2D eigenvalue weighted by Gasteiger charge is -2.09. The molecule has 6 nitrogen and oxygen atoms in total. The number of carbonyl (C=O) groups is 1. The van der Waals surface area contributed by atoms with E-state index in [9.17, 15) is 4.79 Å². The number of H-pyrrole nitrogens is 1. The topological polar surface area (TPSA) is 75.6 Å². The fraction of sp³-hybridized carbons (Fsp3) is 0.133. The number of carbonyl (C=O) groups excluding carboxylic acids is 1. The lowest BCUT2D eigenvalue weighted by molar-refractivity contribution is 0.0941. The number of nitrogens with one attached hydrogen (secondary N) is 2. The predicted octanol–water partition coefficient (Wildman–Crippen LogP) is 1.58. The van der Waals surface area contributed by atoms with Gasteiger partial charge < -0.3 is 9.88 Å². The van der Waals surface area contributed by atoms with E-state index in [1.165, 1.54) is 6.33 Å². The van der Waals surface area contributed by atoms with E-state index in [-0.39, 0.29) is 5.91 Å². The third kappa shape index (κ3) is 3.17. The zero-order chi connectivity index (χ0) is 14.5. The minimum atomic E-state index is -0.132. The van der Waals surface area contributed by atoms with Crippen molar-refractivity contribution < 1.29 is 4.79 Å². The van der Waals surface area contributed by atoms with Crippen LogP contribution in [-0.4, -0.2) is 25.7 Å². The molecule has 0 aliphatic heterocycles. The number of rotatable bonds is 5. The van der Waals surface area contributed by atoms with Gasteiger partial charge >= 0.3 is 0 Å². The van der Waals surface area contributed by atoms with E-state index >= 15 is 0 Å². The average molecular weight is 281 g/mol. The van der Waals surface area contributed by atoms with Gasteiger partial charge in [0.05, 0.1) is 6.54 Å². The highest BCUT2D eigenvalue weighted by Crippen LogP contribution is 2.08. The Balaban J connectivity index is 1.68. The summed E-state index contributed by atoms with van der Waals surface area (Å²) in [5.41, 5.74) is 1.77. The molecule has 21 heavy (non-hydrogen) atoms. The molecule has 0 spiro atoms. The van der Waals surface area contributed by atoms with Crippen LogP contribution < -0.4 is 5.32 Å². The smallest absolute Gasteiger partial charge is 0.268 e. The van der Waals surface area contributed by atoms with Gasteiger partial charge in [-0.2, -0.15) is 5.10 Å². The van der Waals surface area contributed by atoms with Crippen molar-refractivity contribution in [1.29, 1.82) is 0 Å². The Hall–Kier alpha value is -2.89. The molecule has 2 heterocycles. The molecule has 0 bridgehead atoms. The molecule has 6 heteroatoms. The van der Waals surface area contributed by atoms with E-state index < -0.39 is 0 Å². The molecule has 0 atom stereocenters. The minimum absolute atomic E-state index is 0.132. The number of hydrogen-bond acceptors (Lipinski definition) is 3. The maximum absolute atomic E-state index is 12.2. The van der Waals surface area contributed by atoms with E-state index in [2.05, 4.69) is 20.5 Å². The fourth-order valence-corrected chi connectivity index (χ4v) is 2.11. The first-order chi connectivity index (χ1) is 10.3. The first-order valence-electron chi connectivity index (χ1n) is 6.64. The number of hydrogen-bond donors (Lipinski definition) is 2. The van der Waals surface area contributed by atoms with Crippen molar-refractivity contribution in [1.82, 2.24) is 25.1 Å². The number of benzene rings is 1. The van der Waals surface area contributed by atoms with Crippen LogP contribution in [-0.2, 0) is 13.1 Å². The van der Waals surface area contributed by atoms with Crippen molar-refractivity contribution in [3.05, 3.63) is 72.1 Å². The van der Waals surface area contributed by atoms with Gasteiger partial charge in [-0.15, -0.1) is 0 Å². The Morgan fingerprint density at radius 1 is 1.19 bits per heavy atom. The number of aromatic nitrogens is 4. The summed E-state index contributed by atoms with van der Waals surface area (Å²) < 4.78 is 1.92. The van der Waals surface area contributed by atoms with Gasteiger partial charge in [0.15, 0.2) is 0 Å². The summed E-state index contributed by atoms with van der Waals surface area (Å²) in [7, 11) is 0. The molecule has 0 aliphatic carbocycles. The van der Waals surface area contributed by atoms with Crippen molar-refractivity contribution in [3.8, 4) is 0 Å². The summed E-state index contributed by atoms with van der Waals surface area (Å²) >= 11 is 0. The Morgan fingerprint density at radius 2 is 2.05 bits per heavy atom. The predicted molar refractivity (Wildman–Crippen MR) is 77.5 cm³/mol. The molecule has 0 saturated heterocycles. The van der Waals surface area contributed by atoms with E-state index in [0.717, 1.165) is 5.56 Å². The van der Waals surface area contributed by atoms with Crippen molar-refractivity contribution in [2.45, 2.75) is 13.1 Å². The van der Waals surface area contributed by atoms with E-state index in [1.807, 2.05) is 47.2 Å². The molecule has 106 valence electrons. The first kappa shape index (κ1) is 13.1. The second-order valence-corrected chi connectivity index (χ2v) is 4.62. The van der Waals surface area contributed by atoms with Crippen LogP contribution in [0, 0.1) is 0 Å². The maximum Gasteiger partial charge on any atom is 0.268 e. The largest absolute Gasteiger partial charge is 0.343 e. The highest BCUT2D eigenvalue weighted by molar-refractivity contribution is 5.92. The molecule has 3 aromatic rings. The van der Waals surface area contributed by atoms with Crippen LogP contribution in [0.3, 0.4) is 0 Å². The third-order valence-corrected chi connectivity index (χ3v) is 3.14. The molecule has 0 unspecified atom stereocenters. The first-order valence-corrected chi connectivity index (χ1v) is 6.64. The molecule has 3 rings (SSSR count). The molecule has 0 aliphatic rings. The van der Waals surface area contributed by atoms with E-state index in [1.54, 1.807) is 6.07 Å². The molecular weight excluding hydrogens is 266 g/mol. The van der Waals surface area contributed by atoms with E-state index in [0.29, 0.717) is 24.6 Å². The summed E-state index contributed by atoms with van der Waals surface area (Å²) in [6.07, 6.45) is 3.32. The van der Waals surface area contributed by atoms with Crippen molar-refractivity contribution in [2.24, 2.45) is 0 Å². The maximum atomic E-state index is 12.2. The van der Waals surface area contributed by atoms with Crippen molar-refractivity contribution in [2.75, 3.05) is 0 Å². The highest BCUT2D eigenvalue weighted by Gasteiger charge is 2.11. The van der Waals surface area contributed by atoms with Crippen LogP contribution in [0.1, 0.15) is 21.9 Å². The Morgan fingerprint density at radius 3 is 2.81 bits per heavy atom. The quantitative estimate of drug-likeness (QED) is 0.745. The second-order valence-electron chi connectivity index (χ2n) is 4.62. The van der Waals surface area contributed by atoms with Gasteiger partial charge in [-0.3, -0.25) is 9.89 Å². The van der Waals surface area contributed by atoms with Gasteiger partial charge in [-0.25, -0.2) is 4.98 Å². The molecular formula is C15H15N5O. The number of amides is 1. The molecule has 0 saturated carbocycles. The lowest BCUT2D eigenvalue weighted by atomic mass is 10.2. The Kier molecular flexibility index (Phi) is 3.77. The van der Waals surface area contributed by atoms with Crippen molar-refractivity contribution >= 4 is 5.91 Å². The standard InChI is InChI=1S/C15H15N5O/c21-15(16-9-14-17-11-18-19-14)13-7-4-8-20(13)10-12-5-2-1-3-6-12/h1-8,11H,9-10H2,(H,16,21)(H,17,18,19). The van der Waals surface area contributed by atoms with Crippen LogP contribution in [0.15, 0.2) is 55.0 Å². The zero-order valence-corrected chi connectivity index (χ0v) is 11.4. The number of aromatic amines is 1.